The molecule has 0 spiro atoms. The molecule has 0 aromatic heterocycles. The van der Waals surface area contributed by atoms with Crippen molar-refractivity contribution in [1.29, 1.82) is 0 Å². The van der Waals surface area contributed by atoms with Crippen molar-refractivity contribution in [1.82, 2.24) is 9.80 Å². The molecule has 1 atom stereocenters. The summed E-state index contributed by atoms with van der Waals surface area (Å²) >= 11 is 6.13. The molecule has 2 aromatic rings. The van der Waals surface area contributed by atoms with E-state index in [0.29, 0.717) is 18.1 Å². The molecule has 2 aliphatic rings. The Morgan fingerprint density at radius 2 is 2.04 bits per heavy atom. The second kappa shape index (κ2) is 6.15. The molecule has 25 heavy (non-hydrogen) atoms. The van der Waals surface area contributed by atoms with Crippen molar-refractivity contribution in [2.75, 3.05) is 19.6 Å². The van der Waals surface area contributed by atoms with Crippen LogP contribution in [0.3, 0.4) is 0 Å². The van der Waals surface area contributed by atoms with Crippen molar-refractivity contribution in [3.8, 4) is 0 Å². The zero-order valence-electron chi connectivity index (χ0n) is 13.4. The smallest absolute Gasteiger partial charge is 0.254 e. The van der Waals surface area contributed by atoms with E-state index in [4.69, 9.17) is 11.6 Å². The van der Waals surface area contributed by atoms with E-state index in [0.717, 1.165) is 17.5 Å². The number of hydrogen-bond acceptors (Lipinski definition) is 2. The first kappa shape index (κ1) is 16.1. The number of amides is 2. The van der Waals surface area contributed by atoms with Gasteiger partial charge in [0.25, 0.3) is 5.91 Å². The highest BCUT2D eigenvalue weighted by Crippen LogP contribution is 2.35. The molecule has 0 aliphatic carbocycles. The van der Waals surface area contributed by atoms with Gasteiger partial charge in [-0.15, -0.1) is 0 Å². The minimum Gasteiger partial charge on any atom is -0.332 e. The van der Waals surface area contributed by atoms with E-state index in [1.807, 2.05) is 23.1 Å². The van der Waals surface area contributed by atoms with Crippen LogP contribution in [0.4, 0.5) is 4.39 Å². The van der Waals surface area contributed by atoms with Gasteiger partial charge in [0, 0.05) is 23.7 Å². The van der Waals surface area contributed by atoms with Crippen LogP contribution in [0.2, 0.25) is 5.02 Å². The van der Waals surface area contributed by atoms with Crippen molar-refractivity contribution in [2.24, 2.45) is 0 Å². The second-order valence-electron chi connectivity index (χ2n) is 6.39. The predicted molar refractivity (Wildman–Crippen MR) is 91.9 cm³/mol. The Labute approximate surface area is 149 Å². The average molecular weight is 359 g/mol. The summed E-state index contributed by atoms with van der Waals surface area (Å²) in [6.07, 6.45) is 0.784. The lowest BCUT2D eigenvalue weighted by Gasteiger charge is -2.44. The van der Waals surface area contributed by atoms with Crippen molar-refractivity contribution in [3.05, 3.63) is 70.0 Å². The molecule has 4 rings (SSSR count). The van der Waals surface area contributed by atoms with Gasteiger partial charge < -0.3 is 9.80 Å². The Morgan fingerprint density at radius 1 is 1.20 bits per heavy atom. The highest BCUT2D eigenvalue weighted by molar-refractivity contribution is 6.30. The third-order valence-electron chi connectivity index (χ3n) is 4.86. The van der Waals surface area contributed by atoms with Crippen LogP contribution in [-0.4, -0.2) is 41.2 Å². The summed E-state index contributed by atoms with van der Waals surface area (Å²) < 4.78 is 13.4. The number of carbonyl (C=O) groups excluding carboxylic acids is 2. The van der Waals surface area contributed by atoms with Crippen molar-refractivity contribution < 1.29 is 14.0 Å². The zero-order chi connectivity index (χ0) is 17.6. The maximum absolute atomic E-state index is 13.4. The molecule has 0 saturated carbocycles. The standard InChI is InChI=1S/C19H16ClFN2O2/c20-14-5-4-12-6-7-23-17(16(12)9-14)10-22(11-18(23)24)19(25)13-2-1-3-15(21)8-13/h1-5,8-9,17H,6-7,10-11H2. The van der Waals surface area contributed by atoms with E-state index < -0.39 is 5.82 Å². The third kappa shape index (κ3) is 2.89. The summed E-state index contributed by atoms with van der Waals surface area (Å²) in [5.41, 5.74) is 2.39. The molecule has 1 fully saturated rings. The normalized spacial score (nSPS) is 19.4. The molecule has 0 N–H and O–H groups in total. The zero-order valence-corrected chi connectivity index (χ0v) is 14.2. The molecule has 2 aliphatic heterocycles. The van der Waals surface area contributed by atoms with Crippen LogP contribution >= 0.6 is 11.6 Å². The van der Waals surface area contributed by atoms with Crippen molar-refractivity contribution in [3.63, 3.8) is 0 Å². The van der Waals surface area contributed by atoms with Crippen LogP contribution in [0.15, 0.2) is 42.5 Å². The first-order valence-corrected chi connectivity index (χ1v) is 8.53. The van der Waals surface area contributed by atoms with Gasteiger partial charge in [-0.25, -0.2) is 4.39 Å². The van der Waals surface area contributed by atoms with Crippen LogP contribution in [0, 0.1) is 5.82 Å². The lowest BCUT2D eigenvalue weighted by molar-refractivity contribution is -0.139. The first-order valence-electron chi connectivity index (χ1n) is 8.15. The van der Waals surface area contributed by atoms with Crippen LogP contribution in [-0.2, 0) is 11.2 Å². The molecule has 2 heterocycles. The number of piperazine rings is 1. The quantitative estimate of drug-likeness (QED) is 0.786. The highest BCUT2D eigenvalue weighted by atomic mass is 35.5. The molecule has 2 aromatic carbocycles. The number of fused-ring (bicyclic) bond motifs is 3. The minimum absolute atomic E-state index is 0.0156. The van der Waals surface area contributed by atoms with E-state index in [1.54, 1.807) is 6.07 Å². The maximum atomic E-state index is 13.4. The van der Waals surface area contributed by atoms with Gasteiger partial charge in [0.05, 0.1) is 6.04 Å². The Balaban J connectivity index is 1.66. The average Bonchev–Trinajstić information content (AvgIpc) is 2.61. The lowest BCUT2D eigenvalue weighted by atomic mass is 9.90. The fraction of sp³-hybridized carbons (Fsp3) is 0.263. The summed E-state index contributed by atoms with van der Waals surface area (Å²) in [5.74, 6) is -0.890. The number of carbonyl (C=O) groups is 2. The van der Waals surface area contributed by atoms with Crippen LogP contribution in [0.5, 0.6) is 0 Å². The summed E-state index contributed by atoms with van der Waals surface area (Å²) in [4.78, 5) is 28.6. The summed E-state index contributed by atoms with van der Waals surface area (Å²) in [5, 5.41) is 0.613. The van der Waals surface area contributed by atoms with Crippen molar-refractivity contribution in [2.45, 2.75) is 12.5 Å². The van der Waals surface area contributed by atoms with Gasteiger partial charge in [-0.1, -0.05) is 23.7 Å². The monoisotopic (exact) mass is 358 g/mol. The molecule has 2 amide bonds. The lowest BCUT2D eigenvalue weighted by Crippen LogP contribution is -2.55. The summed E-state index contributed by atoms with van der Waals surface area (Å²) in [7, 11) is 0. The van der Waals surface area contributed by atoms with E-state index in [9.17, 15) is 14.0 Å². The van der Waals surface area contributed by atoms with Gasteiger partial charge in [-0.3, -0.25) is 9.59 Å². The van der Waals surface area contributed by atoms with Gasteiger partial charge in [-0.2, -0.15) is 0 Å². The Kier molecular flexibility index (Phi) is 3.96. The van der Waals surface area contributed by atoms with E-state index in [-0.39, 0.29) is 30.0 Å². The SMILES string of the molecule is O=C(c1cccc(F)c1)N1CC(=O)N2CCc3ccc(Cl)cc3C2C1. The molecule has 128 valence electrons. The predicted octanol–water partition coefficient (Wildman–Crippen LogP) is 3.06. The van der Waals surface area contributed by atoms with E-state index in [2.05, 4.69) is 0 Å². The summed E-state index contributed by atoms with van der Waals surface area (Å²) in [6, 6.07) is 11.0. The molecule has 1 saturated heterocycles. The maximum Gasteiger partial charge on any atom is 0.254 e. The highest BCUT2D eigenvalue weighted by Gasteiger charge is 2.38. The van der Waals surface area contributed by atoms with Gasteiger partial charge in [0.1, 0.15) is 12.4 Å². The third-order valence-corrected chi connectivity index (χ3v) is 5.10. The van der Waals surface area contributed by atoms with Gasteiger partial charge in [0.2, 0.25) is 5.91 Å². The topological polar surface area (TPSA) is 40.6 Å². The molecule has 6 heteroatoms. The molecular weight excluding hydrogens is 343 g/mol. The largest absolute Gasteiger partial charge is 0.332 e. The van der Waals surface area contributed by atoms with Gasteiger partial charge in [0.15, 0.2) is 0 Å². The molecule has 0 radical (unpaired) electrons. The Bertz CT molecular complexity index is 870. The number of rotatable bonds is 1. The van der Waals surface area contributed by atoms with Crippen LogP contribution in [0.25, 0.3) is 0 Å². The summed E-state index contributed by atoms with van der Waals surface area (Å²) in [6.45, 7) is 1.04. The first-order chi connectivity index (χ1) is 12.0. The van der Waals surface area contributed by atoms with E-state index in [1.165, 1.54) is 23.1 Å². The number of halogens is 2. The number of nitrogens with zero attached hydrogens (tertiary/aromatic N) is 2. The molecule has 0 bridgehead atoms. The minimum atomic E-state index is -0.467. The van der Waals surface area contributed by atoms with Crippen molar-refractivity contribution >= 4 is 23.4 Å². The van der Waals surface area contributed by atoms with Crippen LogP contribution < -0.4 is 0 Å². The Hall–Kier alpha value is -2.40. The number of benzene rings is 2. The fourth-order valence-electron chi connectivity index (χ4n) is 3.65. The fourth-order valence-corrected chi connectivity index (χ4v) is 3.83. The molecule has 1 unspecified atom stereocenters. The second-order valence-corrected chi connectivity index (χ2v) is 6.83. The molecule has 4 nitrogen and oxygen atoms in total. The van der Waals surface area contributed by atoms with Crippen LogP contribution in [0.1, 0.15) is 27.5 Å². The number of hydrogen-bond donors (Lipinski definition) is 0. The Morgan fingerprint density at radius 3 is 2.84 bits per heavy atom. The molecular formula is C19H16ClFN2O2. The van der Waals surface area contributed by atoms with Gasteiger partial charge in [-0.05, 0) is 47.9 Å². The van der Waals surface area contributed by atoms with E-state index >= 15 is 0 Å². The van der Waals surface area contributed by atoms with Gasteiger partial charge >= 0.3 is 0 Å².